The zero-order valence-electron chi connectivity index (χ0n) is 16.5. The fraction of sp³-hybridized carbons (Fsp3) is 0.350. The van der Waals surface area contributed by atoms with Crippen molar-refractivity contribution in [3.8, 4) is 5.69 Å². The summed E-state index contributed by atoms with van der Waals surface area (Å²) in [5, 5.41) is 14.8. The smallest absolute Gasteiger partial charge is 0.252 e. The minimum Gasteiger partial charge on any atom is -0.365 e. The van der Waals surface area contributed by atoms with E-state index in [1.165, 1.54) is 4.80 Å². The van der Waals surface area contributed by atoms with Gasteiger partial charge in [0, 0.05) is 17.8 Å². The number of hydrogen-bond acceptors (Lipinski definition) is 8. The van der Waals surface area contributed by atoms with Gasteiger partial charge in [0.05, 0.1) is 30.2 Å². The molecule has 0 saturated heterocycles. The summed E-state index contributed by atoms with van der Waals surface area (Å²) in [4.78, 5) is 22.6. The van der Waals surface area contributed by atoms with E-state index < -0.39 is 5.91 Å². The van der Waals surface area contributed by atoms with E-state index in [0.29, 0.717) is 24.0 Å². The second-order valence-electron chi connectivity index (χ2n) is 7.30. The minimum atomic E-state index is -0.572. The maximum absolute atomic E-state index is 12.0. The second-order valence-corrected chi connectivity index (χ2v) is 7.30. The Bertz CT molecular complexity index is 993. The summed E-state index contributed by atoms with van der Waals surface area (Å²) < 4.78 is 0. The monoisotopic (exact) mass is 407 g/mol. The first-order valence-electron chi connectivity index (χ1n) is 9.99. The summed E-state index contributed by atoms with van der Waals surface area (Å²) in [6.07, 6.45) is 9.07. The lowest BCUT2D eigenvalue weighted by atomic mass is 9.91. The molecule has 2 aromatic rings. The van der Waals surface area contributed by atoms with Crippen LogP contribution >= 0.6 is 0 Å². The number of hydrogen-bond donors (Lipinski definition) is 4. The molecule has 0 radical (unpaired) electrons. The fourth-order valence-corrected chi connectivity index (χ4v) is 3.61. The molecule has 10 nitrogen and oxygen atoms in total. The van der Waals surface area contributed by atoms with Gasteiger partial charge in [-0.05, 0) is 37.1 Å². The van der Waals surface area contributed by atoms with E-state index >= 15 is 0 Å². The van der Waals surface area contributed by atoms with Crippen LogP contribution < -0.4 is 22.1 Å². The van der Waals surface area contributed by atoms with Crippen molar-refractivity contribution in [2.24, 2.45) is 21.5 Å². The first kappa shape index (κ1) is 19.8. The molecule has 1 aromatic heterocycles. The van der Waals surface area contributed by atoms with Gasteiger partial charge in [-0.25, -0.2) is 4.99 Å². The van der Waals surface area contributed by atoms with Gasteiger partial charge in [0.1, 0.15) is 5.84 Å². The number of guanidine groups is 1. The molecule has 10 heteroatoms. The zero-order valence-corrected chi connectivity index (χ0v) is 16.5. The van der Waals surface area contributed by atoms with Crippen molar-refractivity contribution in [3.63, 3.8) is 0 Å². The molecule has 4 rings (SSSR count). The van der Waals surface area contributed by atoms with Crippen molar-refractivity contribution in [2.75, 3.05) is 11.9 Å². The third kappa shape index (κ3) is 4.54. The number of primary amides is 1. The molecule has 1 aliphatic heterocycles. The van der Waals surface area contributed by atoms with Crippen LogP contribution in [0.4, 0.5) is 5.69 Å². The molecule has 1 aromatic carbocycles. The lowest BCUT2D eigenvalue weighted by Crippen LogP contribution is -2.49. The molecule has 0 bridgehead atoms. The number of carbonyl (C=O) groups is 1. The van der Waals surface area contributed by atoms with E-state index in [-0.39, 0.29) is 17.7 Å². The van der Waals surface area contributed by atoms with Gasteiger partial charge in [0.25, 0.3) is 5.91 Å². The molecular weight excluding hydrogens is 382 g/mol. The number of aromatic nitrogens is 3. The van der Waals surface area contributed by atoms with Gasteiger partial charge in [-0.1, -0.05) is 18.9 Å². The number of amides is 1. The summed E-state index contributed by atoms with van der Waals surface area (Å²) in [5.74, 6) is 0.204. The summed E-state index contributed by atoms with van der Waals surface area (Å²) in [7, 11) is 0. The van der Waals surface area contributed by atoms with Gasteiger partial charge in [-0.3, -0.25) is 4.79 Å². The van der Waals surface area contributed by atoms with Gasteiger partial charge < -0.3 is 22.1 Å². The van der Waals surface area contributed by atoms with Crippen LogP contribution in [-0.4, -0.2) is 51.3 Å². The highest BCUT2D eigenvalue weighted by Crippen LogP contribution is 2.18. The molecule has 1 aliphatic carbocycles. The summed E-state index contributed by atoms with van der Waals surface area (Å²) in [6, 6.07) is 7.61. The van der Waals surface area contributed by atoms with E-state index in [4.69, 9.17) is 11.5 Å². The molecule has 0 spiro atoms. The molecule has 2 aliphatic rings. The van der Waals surface area contributed by atoms with E-state index in [2.05, 4.69) is 30.8 Å². The maximum Gasteiger partial charge on any atom is 0.252 e. The number of anilines is 1. The quantitative estimate of drug-likeness (QED) is 0.587. The summed E-state index contributed by atoms with van der Waals surface area (Å²) >= 11 is 0. The Morgan fingerprint density at radius 2 is 1.97 bits per heavy atom. The molecule has 6 N–H and O–H groups in total. The van der Waals surface area contributed by atoms with Crippen molar-refractivity contribution in [3.05, 3.63) is 48.3 Å². The molecule has 2 atom stereocenters. The predicted molar refractivity (Wildman–Crippen MR) is 115 cm³/mol. The molecule has 1 fully saturated rings. The van der Waals surface area contributed by atoms with Crippen molar-refractivity contribution < 1.29 is 4.79 Å². The zero-order chi connectivity index (χ0) is 20.9. The van der Waals surface area contributed by atoms with Crippen LogP contribution in [0.1, 0.15) is 25.7 Å². The Morgan fingerprint density at radius 3 is 2.73 bits per heavy atom. The van der Waals surface area contributed by atoms with E-state index in [0.717, 1.165) is 31.4 Å². The van der Waals surface area contributed by atoms with Gasteiger partial charge in [0.2, 0.25) is 5.96 Å². The van der Waals surface area contributed by atoms with E-state index in [9.17, 15) is 4.79 Å². The molecule has 30 heavy (non-hydrogen) atoms. The standard InChI is InChI=1S/C20H25N9O/c21-16-6-1-2-7-17(16)27-20-23-9-8-15(18(22)30)19(28-20)26-13-4-3-5-14(12-13)29-24-10-11-25-29/h3-5,8,10-12,16-17H,1-2,6-7,9,21H2,(H2,22,30)(H2,23,26,27,28)/t16-,17+/m0/s1. The Hall–Kier alpha value is -3.53. The van der Waals surface area contributed by atoms with Crippen LogP contribution in [0, 0.1) is 0 Å². The summed E-state index contributed by atoms with van der Waals surface area (Å²) in [5.41, 5.74) is 13.6. The molecule has 156 valence electrons. The van der Waals surface area contributed by atoms with E-state index in [1.807, 2.05) is 24.3 Å². The lowest BCUT2D eigenvalue weighted by Gasteiger charge is -2.29. The molecule has 0 unspecified atom stereocenters. The minimum absolute atomic E-state index is 0.0538. The van der Waals surface area contributed by atoms with Crippen LogP contribution in [0.25, 0.3) is 5.69 Å². The molecule has 1 saturated carbocycles. The van der Waals surface area contributed by atoms with E-state index in [1.54, 1.807) is 18.5 Å². The Morgan fingerprint density at radius 1 is 1.17 bits per heavy atom. The first-order valence-corrected chi connectivity index (χ1v) is 9.99. The number of nitrogens with zero attached hydrogens (tertiary/aromatic N) is 5. The van der Waals surface area contributed by atoms with Gasteiger partial charge in [-0.2, -0.15) is 20.0 Å². The van der Waals surface area contributed by atoms with Gasteiger partial charge in [0.15, 0.2) is 0 Å². The number of rotatable bonds is 4. The molecular formula is C20H25N9O. The third-order valence-electron chi connectivity index (χ3n) is 5.17. The number of amidine groups is 1. The largest absolute Gasteiger partial charge is 0.365 e. The fourth-order valence-electron chi connectivity index (χ4n) is 3.61. The van der Waals surface area contributed by atoms with Crippen LogP contribution in [0.5, 0.6) is 0 Å². The second kappa shape index (κ2) is 8.87. The van der Waals surface area contributed by atoms with Crippen molar-refractivity contribution in [1.29, 1.82) is 0 Å². The van der Waals surface area contributed by atoms with Crippen molar-refractivity contribution in [1.82, 2.24) is 20.3 Å². The maximum atomic E-state index is 12.0. The first-order chi connectivity index (χ1) is 14.6. The number of benzene rings is 1. The Kier molecular flexibility index (Phi) is 5.84. The Labute approximate surface area is 174 Å². The topological polar surface area (TPSA) is 149 Å². The average molecular weight is 407 g/mol. The summed E-state index contributed by atoms with van der Waals surface area (Å²) in [6.45, 7) is 0.300. The number of carbonyl (C=O) groups excluding carboxylic acids is 1. The van der Waals surface area contributed by atoms with Crippen molar-refractivity contribution in [2.45, 2.75) is 37.8 Å². The van der Waals surface area contributed by atoms with Crippen LogP contribution in [0.2, 0.25) is 0 Å². The highest BCUT2D eigenvalue weighted by Gasteiger charge is 2.24. The number of nitrogens with one attached hydrogen (secondary N) is 2. The highest BCUT2D eigenvalue weighted by molar-refractivity contribution is 6.27. The van der Waals surface area contributed by atoms with Gasteiger partial charge in [-0.15, -0.1) is 0 Å². The average Bonchev–Trinajstić information content (AvgIpc) is 3.20. The number of aliphatic imine (C=N–C) groups is 2. The molecule has 1 amide bonds. The van der Waals surface area contributed by atoms with Gasteiger partial charge >= 0.3 is 0 Å². The van der Waals surface area contributed by atoms with Crippen LogP contribution in [0.15, 0.2) is 58.3 Å². The highest BCUT2D eigenvalue weighted by atomic mass is 16.1. The third-order valence-corrected chi connectivity index (χ3v) is 5.17. The lowest BCUT2D eigenvalue weighted by molar-refractivity contribution is -0.114. The van der Waals surface area contributed by atoms with Crippen LogP contribution in [-0.2, 0) is 4.79 Å². The molecule has 2 heterocycles. The predicted octanol–water partition coefficient (Wildman–Crippen LogP) is 0.719. The number of nitrogens with two attached hydrogens (primary N) is 2. The van der Waals surface area contributed by atoms with Crippen molar-refractivity contribution >= 4 is 23.4 Å². The van der Waals surface area contributed by atoms with Crippen LogP contribution in [0.3, 0.4) is 0 Å². The SMILES string of the molecule is NC(=O)C1=CCN=C(N[C@@H]2CCCC[C@@H]2N)N=C1Nc1cccc(-n2nccn2)c1. The normalized spacial score (nSPS) is 21.7. The Balaban J connectivity index is 1.59.